The first-order chi connectivity index (χ1) is 9.32. The summed E-state index contributed by atoms with van der Waals surface area (Å²) >= 11 is 0. The van der Waals surface area contributed by atoms with Gasteiger partial charge >= 0.3 is 6.18 Å². The largest absolute Gasteiger partial charge is 0.463 e. The fraction of sp³-hybridized carbons (Fsp3) is 0.286. The Morgan fingerprint density at radius 2 is 1.90 bits per heavy atom. The Labute approximate surface area is 112 Å². The molecule has 0 saturated heterocycles. The molecule has 20 heavy (non-hydrogen) atoms. The Morgan fingerprint density at radius 1 is 1.20 bits per heavy atom. The predicted octanol–water partition coefficient (Wildman–Crippen LogP) is 4.08. The molecule has 2 nitrogen and oxygen atoms in total. The lowest BCUT2D eigenvalue weighted by atomic mass is 10.0. The average Bonchev–Trinajstić information content (AvgIpc) is 2.85. The highest BCUT2D eigenvalue weighted by Crippen LogP contribution is 2.33. The Morgan fingerprint density at radius 3 is 2.40 bits per heavy atom. The second-order valence-electron chi connectivity index (χ2n) is 4.30. The summed E-state index contributed by atoms with van der Waals surface area (Å²) in [7, 11) is 0. The van der Waals surface area contributed by atoms with Crippen molar-refractivity contribution < 1.29 is 27.1 Å². The van der Waals surface area contributed by atoms with E-state index < -0.39 is 23.7 Å². The Kier molecular flexibility index (Phi) is 3.85. The van der Waals surface area contributed by atoms with Crippen LogP contribution >= 0.6 is 0 Å². The highest BCUT2D eigenvalue weighted by atomic mass is 19.4. The lowest BCUT2D eigenvalue weighted by Crippen LogP contribution is -2.09. The molecule has 0 radical (unpaired) electrons. The molecule has 0 aliphatic heterocycles. The minimum absolute atomic E-state index is 0.00695. The smallest absolute Gasteiger partial charge is 0.419 e. The molecule has 1 aromatic heterocycles. The number of halogens is 4. The standard InChI is InChI=1S/C14H12F4O2/c1-2-9-4-6-12(20-9)13(19)8-3-5-10(11(15)7-8)14(16,17)18/h3-7,13,19H,2H2,1H3. The van der Waals surface area contributed by atoms with Gasteiger partial charge < -0.3 is 9.52 Å². The van der Waals surface area contributed by atoms with Gasteiger partial charge in [-0.2, -0.15) is 13.2 Å². The van der Waals surface area contributed by atoms with Gasteiger partial charge in [0.2, 0.25) is 0 Å². The summed E-state index contributed by atoms with van der Waals surface area (Å²) in [5.74, 6) is -0.622. The van der Waals surface area contributed by atoms with E-state index in [-0.39, 0.29) is 11.3 Å². The van der Waals surface area contributed by atoms with Gasteiger partial charge in [-0.25, -0.2) is 4.39 Å². The number of benzene rings is 1. The molecule has 6 heteroatoms. The van der Waals surface area contributed by atoms with E-state index >= 15 is 0 Å². The van der Waals surface area contributed by atoms with Crippen LogP contribution in [-0.2, 0) is 12.6 Å². The third-order valence-electron chi connectivity index (χ3n) is 2.91. The van der Waals surface area contributed by atoms with Crippen LogP contribution in [-0.4, -0.2) is 5.11 Å². The van der Waals surface area contributed by atoms with Crippen LogP contribution in [0.5, 0.6) is 0 Å². The zero-order valence-corrected chi connectivity index (χ0v) is 10.5. The van der Waals surface area contributed by atoms with Gasteiger partial charge in [0.1, 0.15) is 23.4 Å². The van der Waals surface area contributed by atoms with Crippen LogP contribution < -0.4 is 0 Å². The highest BCUT2D eigenvalue weighted by Gasteiger charge is 2.34. The predicted molar refractivity (Wildman–Crippen MR) is 63.5 cm³/mol. The van der Waals surface area contributed by atoms with Gasteiger partial charge in [-0.05, 0) is 29.8 Å². The van der Waals surface area contributed by atoms with Gasteiger partial charge in [0.25, 0.3) is 0 Å². The first-order valence-corrected chi connectivity index (χ1v) is 5.96. The Bertz CT molecular complexity index is 601. The van der Waals surface area contributed by atoms with Gasteiger partial charge in [-0.15, -0.1) is 0 Å². The molecule has 1 atom stereocenters. The van der Waals surface area contributed by atoms with Gasteiger partial charge in [0, 0.05) is 6.42 Å². The van der Waals surface area contributed by atoms with Crippen LogP contribution in [0.2, 0.25) is 0 Å². The zero-order valence-electron chi connectivity index (χ0n) is 10.5. The molecular weight excluding hydrogens is 276 g/mol. The topological polar surface area (TPSA) is 33.4 Å². The molecule has 1 heterocycles. The molecule has 0 saturated carbocycles. The van der Waals surface area contributed by atoms with E-state index in [0.29, 0.717) is 24.3 Å². The van der Waals surface area contributed by atoms with Gasteiger partial charge in [-0.1, -0.05) is 13.0 Å². The number of rotatable bonds is 3. The first kappa shape index (κ1) is 14.6. The van der Waals surface area contributed by atoms with E-state index in [1.165, 1.54) is 6.07 Å². The van der Waals surface area contributed by atoms with Gasteiger partial charge in [0.15, 0.2) is 0 Å². The zero-order chi connectivity index (χ0) is 14.9. The fourth-order valence-electron chi connectivity index (χ4n) is 1.83. The Balaban J connectivity index is 2.31. The number of aliphatic hydroxyl groups is 1. The summed E-state index contributed by atoms with van der Waals surface area (Å²) < 4.78 is 56.0. The molecule has 0 bridgehead atoms. The van der Waals surface area contributed by atoms with E-state index in [2.05, 4.69) is 0 Å². The molecule has 2 aromatic rings. The normalized spacial score (nSPS) is 13.5. The molecule has 108 valence electrons. The highest BCUT2D eigenvalue weighted by molar-refractivity contribution is 5.31. The molecule has 0 spiro atoms. The Hall–Kier alpha value is -1.82. The molecule has 2 rings (SSSR count). The lowest BCUT2D eigenvalue weighted by molar-refractivity contribution is -0.140. The van der Waals surface area contributed by atoms with Crippen molar-refractivity contribution in [1.82, 2.24) is 0 Å². The lowest BCUT2D eigenvalue weighted by Gasteiger charge is -2.12. The van der Waals surface area contributed by atoms with E-state index in [0.717, 1.165) is 6.07 Å². The van der Waals surface area contributed by atoms with Crippen LogP contribution in [0.4, 0.5) is 17.6 Å². The van der Waals surface area contributed by atoms with Crippen molar-refractivity contribution in [2.24, 2.45) is 0 Å². The second kappa shape index (κ2) is 5.28. The number of hydrogen-bond donors (Lipinski definition) is 1. The molecular formula is C14H12F4O2. The number of aryl methyl sites for hydroxylation is 1. The van der Waals surface area contributed by atoms with Crippen molar-refractivity contribution >= 4 is 0 Å². The first-order valence-electron chi connectivity index (χ1n) is 5.96. The maximum Gasteiger partial charge on any atom is 0.419 e. The van der Waals surface area contributed by atoms with Crippen LogP contribution in [0.3, 0.4) is 0 Å². The number of furan rings is 1. The maximum absolute atomic E-state index is 13.4. The number of alkyl halides is 3. The van der Waals surface area contributed by atoms with Crippen LogP contribution in [0.15, 0.2) is 34.7 Å². The van der Waals surface area contributed by atoms with E-state index in [9.17, 15) is 22.7 Å². The number of aliphatic hydroxyl groups excluding tert-OH is 1. The maximum atomic E-state index is 13.4. The van der Waals surface area contributed by atoms with Crippen LogP contribution in [0, 0.1) is 5.82 Å². The van der Waals surface area contributed by atoms with Crippen molar-refractivity contribution in [3.8, 4) is 0 Å². The second-order valence-corrected chi connectivity index (χ2v) is 4.30. The van der Waals surface area contributed by atoms with Crippen molar-refractivity contribution in [2.75, 3.05) is 0 Å². The molecule has 1 aromatic carbocycles. The monoisotopic (exact) mass is 288 g/mol. The third kappa shape index (κ3) is 2.85. The molecule has 1 unspecified atom stereocenters. The third-order valence-corrected chi connectivity index (χ3v) is 2.91. The van der Waals surface area contributed by atoms with Crippen molar-refractivity contribution in [3.05, 3.63) is 58.8 Å². The summed E-state index contributed by atoms with van der Waals surface area (Å²) in [5.41, 5.74) is -1.35. The fourth-order valence-corrected chi connectivity index (χ4v) is 1.83. The van der Waals surface area contributed by atoms with Gasteiger partial charge in [-0.3, -0.25) is 0 Å². The SMILES string of the molecule is CCc1ccc(C(O)c2ccc(C(F)(F)F)c(F)c2)o1. The minimum atomic E-state index is -4.76. The van der Waals surface area contributed by atoms with Crippen LogP contribution in [0.1, 0.15) is 35.7 Å². The van der Waals surface area contributed by atoms with E-state index in [1.54, 1.807) is 6.07 Å². The van der Waals surface area contributed by atoms with Crippen molar-refractivity contribution in [3.63, 3.8) is 0 Å². The summed E-state index contributed by atoms with van der Waals surface area (Å²) in [4.78, 5) is 0. The van der Waals surface area contributed by atoms with E-state index in [1.807, 2.05) is 6.92 Å². The minimum Gasteiger partial charge on any atom is -0.463 e. The van der Waals surface area contributed by atoms with Gasteiger partial charge in [0.05, 0.1) is 5.56 Å². The summed E-state index contributed by atoms with van der Waals surface area (Å²) in [5, 5.41) is 9.98. The van der Waals surface area contributed by atoms with Crippen LogP contribution in [0.25, 0.3) is 0 Å². The van der Waals surface area contributed by atoms with Crippen molar-refractivity contribution in [2.45, 2.75) is 25.6 Å². The summed E-state index contributed by atoms with van der Waals surface area (Å²) in [6.07, 6.45) is -5.44. The quantitative estimate of drug-likeness (QED) is 0.863. The average molecular weight is 288 g/mol. The molecule has 1 N–H and O–H groups in total. The molecule has 0 fully saturated rings. The summed E-state index contributed by atoms with van der Waals surface area (Å²) in [6, 6.07) is 5.47. The van der Waals surface area contributed by atoms with E-state index in [4.69, 9.17) is 4.42 Å². The molecule has 0 aliphatic carbocycles. The number of hydrogen-bond acceptors (Lipinski definition) is 2. The summed E-state index contributed by atoms with van der Waals surface area (Å²) in [6.45, 7) is 1.85. The van der Waals surface area contributed by atoms with Crippen molar-refractivity contribution in [1.29, 1.82) is 0 Å². The molecule has 0 amide bonds. The molecule has 0 aliphatic rings.